The fraction of sp³-hybridized carbons (Fsp3) is 0.200. The molecule has 2 heterocycles. The van der Waals surface area contributed by atoms with E-state index in [2.05, 4.69) is 10.4 Å². The number of carbonyl (C=O) groups excluding carboxylic acids is 1. The highest BCUT2D eigenvalue weighted by Gasteiger charge is 2.20. The number of furan rings is 1. The molecule has 2 aromatic carbocycles. The molecule has 164 valence electrons. The molecule has 4 rings (SSSR count). The average Bonchev–Trinajstić information content (AvgIpc) is 3.46. The second-order valence-corrected chi connectivity index (χ2v) is 7.28. The van der Waals surface area contributed by atoms with Gasteiger partial charge < -0.3 is 19.2 Å². The van der Waals surface area contributed by atoms with Gasteiger partial charge in [0.1, 0.15) is 11.5 Å². The van der Waals surface area contributed by atoms with Crippen LogP contribution in [-0.2, 0) is 6.42 Å². The number of carbonyl (C=O) groups is 1. The van der Waals surface area contributed by atoms with Crippen LogP contribution in [0.1, 0.15) is 21.7 Å². The number of benzene rings is 2. The average molecular weight is 431 g/mol. The third kappa shape index (κ3) is 4.51. The molecule has 7 nitrogen and oxygen atoms in total. The molecule has 0 spiro atoms. The van der Waals surface area contributed by atoms with Crippen molar-refractivity contribution in [2.45, 2.75) is 13.3 Å². The third-order valence-corrected chi connectivity index (χ3v) is 5.10. The summed E-state index contributed by atoms with van der Waals surface area (Å²) in [6.07, 6.45) is 2.38. The molecule has 0 bridgehead atoms. The van der Waals surface area contributed by atoms with E-state index in [0.717, 1.165) is 17.0 Å². The fourth-order valence-corrected chi connectivity index (χ4v) is 3.45. The van der Waals surface area contributed by atoms with Crippen LogP contribution in [0.2, 0.25) is 0 Å². The molecular weight excluding hydrogens is 406 g/mol. The minimum absolute atomic E-state index is 0.211. The number of ether oxygens (including phenoxy) is 2. The van der Waals surface area contributed by atoms with Gasteiger partial charge in [-0.15, -0.1) is 0 Å². The monoisotopic (exact) mass is 431 g/mol. The molecule has 0 saturated carbocycles. The topological polar surface area (TPSA) is 78.5 Å². The van der Waals surface area contributed by atoms with Gasteiger partial charge in [-0.1, -0.05) is 24.3 Å². The second kappa shape index (κ2) is 9.43. The quantitative estimate of drug-likeness (QED) is 0.447. The molecule has 0 aliphatic carbocycles. The van der Waals surface area contributed by atoms with Crippen LogP contribution < -0.4 is 14.8 Å². The SMILES string of the molecule is COc1ccc(CCNC(=O)c2cn(-c3ccccc3)nc2-c2ccc(C)o2)cc1OC. The number of nitrogens with zero attached hydrogens (tertiary/aromatic N) is 2. The number of hydrogen-bond acceptors (Lipinski definition) is 5. The van der Waals surface area contributed by atoms with Gasteiger partial charge in [-0.25, -0.2) is 4.68 Å². The number of para-hydroxylation sites is 1. The molecule has 0 fully saturated rings. The molecular formula is C25H25N3O4. The Kier molecular flexibility index (Phi) is 6.26. The highest BCUT2D eigenvalue weighted by Crippen LogP contribution is 2.28. The minimum Gasteiger partial charge on any atom is -0.493 e. The van der Waals surface area contributed by atoms with E-state index in [1.165, 1.54) is 0 Å². The van der Waals surface area contributed by atoms with E-state index in [-0.39, 0.29) is 5.91 Å². The standard InChI is InChI=1S/C25H25N3O4/c1-17-9-11-22(32-17)24-20(16-28(27-24)19-7-5-4-6-8-19)25(29)26-14-13-18-10-12-21(30-2)23(15-18)31-3/h4-12,15-16H,13-14H2,1-3H3,(H,26,29). The summed E-state index contributed by atoms with van der Waals surface area (Å²) in [5.41, 5.74) is 2.85. The van der Waals surface area contributed by atoms with Crippen LogP contribution in [-0.4, -0.2) is 36.5 Å². The Hall–Kier alpha value is -4.00. The zero-order valence-electron chi connectivity index (χ0n) is 18.3. The zero-order valence-corrected chi connectivity index (χ0v) is 18.3. The smallest absolute Gasteiger partial charge is 0.255 e. The van der Waals surface area contributed by atoms with Gasteiger partial charge in [-0.2, -0.15) is 5.10 Å². The summed E-state index contributed by atoms with van der Waals surface area (Å²) in [5.74, 6) is 2.44. The van der Waals surface area contributed by atoms with Crippen LogP contribution in [0.15, 0.2) is 71.3 Å². The van der Waals surface area contributed by atoms with Crippen molar-refractivity contribution in [2.75, 3.05) is 20.8 Å². The Morgan fingerprint density at radius 2 is 1.81 bits per heavy atom. The van der Waals surface area contributed by atoms with Crippen molar-refractivity contribution >= 4 is 5.91 Å². The summed E-state index contributed by atoms with van der Waals surface area (Å²) in [5, 5.41) is 7.61. The van der Waals surface area contributed by atoms with E-state index in [4.69, 9.17) is 13.9 Å². The van der Waals surface area contributed by atoms with Crippen molar-refractivity contribution in [1.29, 1.82) is 0 Å². The zero-order chi connectivity index (χ0) is 22.5. The van der Waals surface area contributed by atoms with Gasteiger partial charge in [0.15, 0.2) is 17.3 Å². The van der Waals surface area contributed by atoms with Gasteiger partial charge in [-0.3, -0.25) is 4.79 Å². The van der Waals surface area contributed by atoms with E-state index in [1.807, 2.05) is 67.6 Å². The molecule has 0 atom stereocenters. The summed E-state index contributed by atoms with van der Waals surface area (Å²) in [6, 6.07) is 19.1. The Morgan fingerprint density at radius 1 is 1.03 bits per heavy atom. The van der Waals surface area contributed by atoms with Crippen LogP contribution in [0.3, 0.4) is 0 Å². The van der Waals surface area contributed by atoms with Crippen molar-refractivity contribution < 1.29 is 18.7 Å². The van der Waals surface area contributed by atoms with E-state index >= 15 is 0 Å². The number of methoxy groups -OCH3 is 2. The van der Waals surface area contributed by atoms with E-state index in [1.54, 1.807) is 25.1 Å². The second-order valence-electron chi connectivity index (χ2n) is 7.28. The van der Waals surface area contributed by atoms with Crippen molar-refractivity contribution in [3.63, 3.8) is 0 Å². The summed E-state index contributed by atoms with van der Waals surface area (Å²) in [7, 11) is 3.21. The lowest BCUT2D eigenvalue weighted by Crippen LogP contribution is -2.25. The number of aryl methyl sites for hydroxylation is 1. The predicted octanol–water partition coefficient (Wildman–Crippen LogP) is 4.43. The van der Waals surface area contributed by atoms with Gasteiger partial charge >= 0.3 is 0 Å². The first-order valence-corrected chi connectivity index (χ1v) is 10.3. The first-order valence-electron chi connectivity index (χ1n) is 10.3. The van der Waals surface area contributed by atoms with Gasteiger partial charge in [-0.05, 0) is 55.3 Å². The largest absolute Gasteiger partial charge is 0.493 e. The van der Waals surface area contributed by atoms with Crippen LogP contribution in [0.5, 0.6) is 11.5 Å². The van der Waals surface area contributed by atoms with Gasteiger partial charge in [0.05, 0.1) is 25.5 Å². The Labute approximate surface area is 186 Å². The fourth-order valence-electron chi connectivity index (χ4n) is 3.45. The summed E-state index contributed by atoms with van der Waals surface area (Å²) >= 11 is 0. The van der Waals surface area contributed by atoms with Gasteiger partial charge in [0, 0.05) is 12.7 Å². The first kappa shape index (κ1) is 21.2. The molecule has 7 heteroatoms. The molecule has 1 N–H and O–H groups in total. The molecule has 0 aliphatic rings. The van der Waals surface area contributed by atoms with Gasteiger partial charge in [0.2, 0.25) is 0 Å². The Bertz CT molecular complexity index is 1210. The molecule has 1 amide bonds. The lowest BCUT2D eigenvalue weighted by atomic mass is 10.1. The van der Waals surface area contributed by atoms with Crippen LogP contribution in [0, 0.1) is 6.92 Å². The van der Waals surface area contributed by atoms with E-state index < -0.39 is 0 Å². The lowest BCUT2D eigenvalue weighted by molar-refractivity contribution is 0.0954. The molecule has 32 heavy (non-hydrogen) atoms. The van der Waals surface area contributed by atoms with Crippen LogP contribution in [0.25, 0.3) is 17.1 Å². The van der Waals surface area contributed by atoms with Crippen molar-refractivity contribution in [1.82, 2.24) is 15.1 Å². The maximum atomic E-state index is 13.1. The molecule has 0 saturated heterocycles. The summed E-state index contributed by atoms with van der Waals surface area (Å²) in [4.78, 5) is 13.1. The summed E-state index contributed by atoms with van der Waals surface area (Å²) in [6.45, 7) is 2.32. The Balaban J connectivity index is 1.53. The third-order valence-electron chi connectivity index (χ3n) is 5.10. The van der Waals surface area contributed by atoms with E-state index in [9.17, 15) is 4.79 Å². The molecule has 2 aromatic heterocycles. The van der Waals surface area contributed by atoms with Crippen molar-refractivity contribution in [3.8, 4) is 28.6 Å². The van der Waals surface area contributed by atoms with Crippen LogP contribution >= 0.6 is 0 Å². The first-order chi connectivity index (χ1) is 15.6. The van der Waals surface area contributed by atoms with Crippen LogP contribution in [0.4, 0.5) is 0 Å². The maximum absolute atomic E-state index is 13.1. The maximum Gasteiger partial charge on any atom is 0.255 e. The molecule has 0 radical (unpaired) electrons. The minimum atomic E-state index is -0.211. The highest BCUT2D eigenvalue weighted by atomic mass is 16.5. The van der Waals surface area contributed by atoms with Gasteiger partial charge in [0.25, 0.3) is 5.91 Å². The summed E-state index contributed by atoms with van der Waals surface area (Å²) < 4.78 is 18.1. The normalized spacial score (nSPS) is 10.7. The molecule has 0 unspecified atom stereocenters. The molecule has 0 aliphatic heterocycles. The number of rotatable bonds is 8. The lowest BCUT2D eigenvalue weighted by Gasteiger charge is -2.10. The van der Waals surface area contributed by atoms with Crippen molar-refractivity contribution in [3.05, 3.63) is 83.7 Å². The van der Waals surface area contributed by atoms with E-state index in [0.29, 0.717) is 41.5 Å². The van der Waals surface area contributed by atoms with Crippen molar-refractivity contribution in [2.24, 2.45) is 0 Å². The number of nitrogens with one attached hydrogen (secondary N) is 1. The number of amides is 1. The molecule has 4 aromatic rings. The Morgan fingerprint density at radius 3 is 2.50 bits per heavy atom. The predicted molar refractivity (Wildman–Crippen MR) is 122 cm³/mol. The number of aromatic nitrogens is 2. The number of hydrogen-bond donors (Lipinski definition) is 1. The highest BCUT2D eigenvalue weighted by molar-refractivity contribution is 5.99.